The van der Waals surface area contributed by atoms with Gasteiger partial charge in [-0.15, -0.1) is 11.3 Å². The van der Waals surface area contributed by atoms with E-state index in [1.807, 2.05) is 30.3 Å². The van der Waals surface area contributed by atoms with Crippen molar-refractivity contribution < 1.29 is 13.9 Å². The van der Waals surface area contributed by atoms with E-state index in [0.29, 0.717) is 18.8 Å². The number of nitrogens with one attached hydrogen (secondary N) is 1. The summed E-state index contributed by atoms with van der Waals surface area (Å²) in [5, 5.41) is 5.19. The molecule has 0 unspecified atom stereocenters. The maximum atomic E-state index is 12.8. The molecule has 0 aliphatic carbocycles. The lowest BCUT2D eigenvalue weighted by molar-refractivity contribution is 0.0946. The van der Waals surface area contributed by atoms with Gasteiger partial charge < -0.3 is 10.1 Å². The smallest absolute Gasteiger partial charge is 0.271 e. The number of hydrogen-bond donors (Lipinski definition) is 1. The minimum atomic E-state index is -0.298. The second-order valence-corrected chi connectivity index (χ2v) is 5.98. The molecule has 24 heavy (non-hydrogen) atoms. The van der Waals surface area contributed by atoms with E-state index in [1.54, 1.807) is 17.5 Å². The highest BCUT2D eigenvalue weighted by Gasteiger charge is 2.11. The van der Waals surface area contributed by atoms with Gasteiger partial charge in [-0.1, -0.05) is 30.3 Å². The molecule has 0 spiro atoms. The molecule has 0 bridgehead atoms. The standard InChI is InChI=1S/C18H15FN2O2S/c19-14-8-6-13(7-9-14)10-20-18(22)16-12-24-17(21-16)11-23-15-4-2-1-3-5-15/h1-9,12H,10-11H2,(H,20,22). The van der Waals surface area contributed by atoms with Gasteiger partial charge in [0.1, 0.15) is 28.9 Å². The summed E-state index contributed by atoms with van der Waals surface area (Å²) in [5.41, 5.74) is 1.18. The molecule has 1 aromatic heterocycles. The van der Waals surface area contributed by atoms with Crippen molar-refractivity contribution in [2.24, 2.45) is 0 Å². The molecular formula is C18H15FN2O2S. The van der Waals surface area contributed by atoms with Crippen LogP contribution in [0.2, 0.25) is 0 Å². The van der Waals surface area contributed by atoms with Crippen molar-refractivity contribution >= 4 is 17.2 Å². The summed E-state index contributed by atoms with van der Waals surface area (Å²) in [6.45, 7) is 0.645. The predicted molar refractivity (Wildman–Crippen MR) is 90.5 cm³/mol. The molecule has 122 valence electrons. The first-order chi connectivity index (χ1) is 11.7. The normalized spacial score (nSPS) is 10.4. The number of aromatic nitrogens is 1. The summed E-state index contributed by atoms with van der Waals surface area (Å²) in [7, 11) is 0. The molecule has 0 aliphatic rings. The third-order valence-electron chi connectivity index (χ3n) is 3.26. The Labute approximate surface area is 142 Å². The van der Waals surface area contributed by atoms with Crippen molar-refractivity contribution in [2.75, 3.05) is 0 Å². The third-order valence-corrected chi connectivity index (χ3v) is 4.08. The van der Waals surface area contributed by atoms with Crippen LogP contribution in [-0.4, -0.2) is 10.9 Å². The van der Waals surface area contributed by atoms with Gasteiger partial charge >= 0.3 is 0 Å². The molecular weight excluding hydrogens is 327 g/mol. The van der Waals surface area contributed by atoms with Crippen molar-refractivity contribution in [3.63, 3.8) is 0 Å². The number of benzene rings is 2. The van der Waals surface area contributed by atoms with Crippen molar-refractivity contribution in [1.82, 2.24) is 10.3 Å². The van der Waals surface area contributed by atoms with Gasteiger partial charge in [0, 0.05) is 11.9 Å². The quantitative estimate of drug-likeness (QED) is 0.741. The fraction of sp³-hybridized carbons (Fsp3) is 0.111. The Bertz CT molecular complexity index is 803. The molecule has 0 saturated heterocycles. The van der Waals surface area contributed by atoms with E-state index in [2.05, 4.69) is 10.3 Å². The van der Waals surface area contributed by atoms with Crippen LogP contribution in [0, 0.1) is 5.82 Å². The monoisotopic (exact) mass is 342 g/mol. The number of amides is 1. The number of carbonyl (C=O) groups is 1. The Balaban J connectivity index is 1.52. The molecule has 6 heteroatoms. The van der Waals surface area contributed by atoms with E-state index < -0.39 is 0 Å². The summed E-state index contributed by atoms with van der Waals surface area (Å²) < 4.78 is 18.4. The summed E-state index contributed by atoms with van der Waals surface area (Å²) in [5.74, 6) is 0.198. The highest BCUT2D eigenvalue weighted by Crippen LogP contribution is 2.15. The minimum absolute atomic E-state index is 0.262. The average molecular weight is 342 g/mol. The molecule has 0 atom stereocenters. The fourth-order valence-electron chi connectivity index (χ4n) is 2.02. The van der Waals surface area contributed by atoms with Gasteiger partial charge in [-0.05, 0) is 29.8 Å². The maximum Gasteiger partial charge on any atom is 0.271 e. The van der Waals surface area contributed by atoms with Crippen LogP contribution in [0.4, 0.5) is 4.39 Å². The van der Waals surface area contributed by atoms with E-state index in [4.69, 9.17) is 4.74 Å². The molecule has 3 rings (SSSR count). The Hall–Kier alpha value is -2.73. The van der Waals surface area contributed by atoms with Crippen LogP contribution < -0.4 is 10.1 Å². The second kappa shape index (κ2) is 7.70. The Morgan fingerprint density at radius 2 is 1.88 bits per heavy atom. The molecule has 3 aromatic rings. The fourth-order valence-corrected chi connectivity index (χ4v) is 2.70. The third kappa shape index (κ3) is 4.39. The van der Waals surface area contributed by atoms with Crippen LogP contribution in [0.5, 0.6) is 5.75 Å². The van der Waals surface area contributed by atoms with Crippen molar-refractivity contribution in [3.05, 3.63) is 82.1 Å². The predicted octanol–water partition coefficient (Wildman–Crippen LogP) is 3.79. The molecule has 2 aromatic carbocycles. The maximum absolute atomic E-state index is 12.8. The number of nitrogens with zero attached hydrogens (tertiary/aromatic N) is 1. The van der Waals surface area contributed by atoms with E-state index >= 15 is 0 Å². The van der Waals surface area contributed by atoms with E-state index in [0.717, 1.165) is 16.3 Å². The average Bonchev–Trinajstić information content (AvgIpc) is 3.09. The number of para-hydroxylation sites is 1. The number of rotatable bonds is 6. The largest absolute Gasteiger partial charge is 0.486 e. The Kier molecular flexibility index (Phi) is 5.18. The van der Waals surface area contributed by atoms with Crippen molar-refractivity contribution in [1.29, 1.82) is 0 Å². The van der Waals surface area contributed by atoms with Crippen LogP contribution in [0.25, 0.3) is 0 Å². The van der Waals surface area contributed by atoms with Gasteiger partial charge in [-0.25, -0.2) is 9.37 Å². The highest BCUT2D eigenvalue weighted by atomic mass is 32.1. The summed E-state index contributed by atoms with van der Waals surface area (Å²) in [4.78, 5) is 16.4. The lowest BCUT2D eigenvalue weighted by Crippen LogP contribution is -2.23. The van der Waals surface area contributed by atoms with Gasteiger partial charge in [0.2, 0.25) is 0 Å². The van der Waals surface area contributed by atoms with Gasteiger partial charge in [0.05, 0.1) is 0 Å². The van der Waals surface area contributed by atoms with Crippen molar-refractivity contribution in [3.8, 4) is 5.75 Å². The number of carbonyl (C=O) groups excluding carboxylic acids is 1. The van der Waals surface area contributed by atoms with E-state index in [-0.39, 0.29) is 11.7 Å². The Morgan fingerprint density at radius 1 is 1.12 bits per heavy atom. The van der Waals surface area contributed by atoms with Crippen LogP contribution in [0.3, 0.4) is 0 Å². The van der Waals surface area contributed by atoms with Gasteiger partial charge in [0.15, 0.2) is 0 Å². The minimum Gasteiger partial charge on any atom is -0.486 e. The number of thiazole rings is 1. The Morgan fingerprint density at radius 3 is 2.62 bits per heavy atom. The van der Waals surface area contributed by atoms with Gasteiger partial charge in [-0.2, -0.15) is 0 Å². The zero-order valence-corrected chi connectivity index (χ0v) is 13.6. The zero-order valence-electron chi connectivity index (χ0n) is 12.7. The molecule has 0 fully saturated rings. The molecule has 1 amide bonds. The lowest BCUT2D eigenvalue weighted by Gasteiger charge is -2.04. The zero-order chi connectivity index (χ0) is 16.8. The first-order valence-electron chi connectivity index (χ1n) is 7.35. The molecule has 4 nitrogen and oxygen atoms in total. The van der Waals surface area contributed by atoms with Crippen LogP contribution in [0.15, 0.2) is 60.0 Å². The molecule has 0 radical (unpaired) electrons. The first-order valence-corrected chi connectivity index (χ1v) is 8.23. The van der Waals surface area contributed by atoms with Crippen molar-refractivity contribution in [2.45, 2.75) is 13.2 Å². The molecule has 0 saturated carbocycles. The molecule has 0 aliphatic heterocycles. The van der Waals surface area contributed by atoms with Crippen LogP contribution in [0.1, 0.15) is 21.1 Å². The number of hydrogen-bond acceptors (Lipinski definition) is 4. The number of ether oxygens (including phenoxy) is 1. The summed E-state index contributed by atoms with van der Waals surface area (Å²) in [6.07, 6.45) is 0. The SMILES string of the molecule is O=C(NCc1ccc(F)cc1)c1csc(COc2ccccc2)n1. The summed E-state index contributed by atoms with van der Waals surface area (Å²) in [6, 6.07) is 15.4. The lowest BCUT2D eigenvalue weighted by atomic mass is 10.2. The van der Waals surface area contributed by atoms with Crippen LogP contribution >= 0.6 is 11.3 Å². The topological polar surface area (TPSA) is 51.2 Å². The van der Waals surface area contributed by atoms with Gasteiger partial charge in [-0.3, -0.25) is 4.79 Å². The molecule has 1 heterocycles. The second-order valence-electron chi connectivity index (χ2n) is 5.04. The number of halogens is 1. The summed E-state index contributed by atoms with van der Waals surface area (Å²) >= 11 is 1.37. The van der Waals surface area contributed by atoms with E-state index in [9.17, 15) is 9.18 Å². The van der Waals surface area contributed by atoms with Gasteiger partial charge in [0.25, 0.3) is 5.91 Å². The highest BCUT2D eigenvalue weighted by molar-refractivity contribution is 7.09. The van der Waals surface area contributed by atoms with E-state index in [1.165, 1.54) is 23.5 Å². The van der Waals surface area contributed by atoms with Crippen LogP contribution in [-0.2, 0) is 13.2 Å². The first kappa shape index (κ1) is 16.1. The molecule has 1 N–H and O–H groups in total.